The number of esters is 1. The molecule has 3 aromatic rings. The molecule has 4 saturated carbocycles. The Hall–Kier alpha value is -2.82. The minimum Gasteiger partial charge on any atom is -0.458 e. The summed E-state index contributed by atoms with van der Waals surface area (Å²) in [4.78, 5) is 14.4. The van der Waals surface area contributed by atoms with E-state index in [1.165, 1.54) is 0 Å². The number of benzene rings is 3. The molecule has 0 spiro atoms. The molecule has 5 nitrogen and oxygen atoms in total. The standard InChI is InChI=1S/C18H15FS.C13H18F2O5S/c19-20(16-10-4-1-5-11-16,17-12-6-2-7-13-17)18-14-8-3-9-15-18;14-13(15,21(17,18)19)7-20-11(16)12-4-8-1-9(5-12)3-10(2-8)6-12/h1-15H;8-10H,1-7H2,(H,17,18,19). The van der Waals surface area contributed by atoms with E-state index >= 15 is 3.89 Å². The van der Waals surface area contributed by atoms with Gasteiger partial charge >= 0.3 is 21.3 Å². The summed E-state index contributed by atoms with van der Waals surface area (Å²) in [6, 6.07) is 28.3. The summed E-state index contributed by atoms with van der Waals surface area (Å²) < 4.78 is 76.4. The molecule has 0 aromatic heterocycles. The molecule has 0 heterocycles. The lowest BCUT2D eigenvalue weighted by atomic mass is 9.49. The van der Waals surface area contributed by atoms with E-state index in [4.69, 9.17) is 4.55 Å². The van der Waals surface area contributed by atoms with Crippen molar-refractivity contribution < 1.29 is 35.2 Å². The van der Waals surface area contributed by atoms with Crippen molar-refractivity contribution in [3.05, 3.63) is 91.0 Å². The summed E-state index contributed by atoms with van der Waals surface area (Å²) in [5, 5.41) is -4.45. The molecule has 0 atom stereocenters. The van der Waals surface area contributed by atoms with Gasteiger partial charge in [-0.05, 0) is 103 Å². The van der Waals surface area contributed by atoms with Gasteiger partial charge < -0.3 is 4.74 Å². The topological polar surface area (TPSA) is 80.7 Å². The van der Waals surface area contributed by atoms with Crippen molar-refractivity contribution in [2.75, 3.05) is 6.61 Å². The third kappa shape index (κ3) is 6.05. The summed E-state index contributed by atoms with van der Waals surface area (Å²) in [5.41, 5.74) is -0.718. The molecule has 41 heavy (non-hydrogen) atoms. The van der Waals surface area contributed by atoms with Gasteiger partial charge in [0.1, 0.15) is 0 Å². The number of rotatable bonds is 7. The van der Waals surface area contributed by atoms with Gasteiger partial charge in [-0.2, -0.15) is 21.1 Å². The van der Waals surface area contributed by atoms with Gasteiger partial charge in [0.05, 0.1) is 5.41 Å². The first kappa shape index (κ1) is 29.7. The van der Waals surface area contributed by atoms with Crippen molar-refractivity contribution in [3.8, 4) is 0 Å². The van der Waals surface area contributed by atoms with E-state index in [1.807, 2.05) is 91.0 Å². The van der Waals surface area contributed by atoms with Crippen LogP contribution in [0.2, 0.25) is 0 Å². The highest BCUT2D eigenvalue weighted by Crippen LogP contribution is 2.69. The van der Waals surface area contributed by atoms with Gasteiger partial charge in [0.15, 0.2) is 6.61 Å². The van der Waals surface area contributed by atoms with E-state index in [0.717, 1.165) is 33.9 Å². The Morgan fingerprint density at radius 3 is 1.41 bits per heavy atom. The Balaban J connectivity index is 0.000000165. The van der Waals surface area contributed by atoms with Crippen molar-refractivity contribution in [2.24, 2.45) is 23.2 Å². The molecule has 0 radical (unpaired) electrons. The van der Waals surface area contributed by atoms with Crippen LogP contribution in [0.4, 0.5) is 12.7 Å². The number of alkyl halides is 2. The van der Waals surface area contributed by atoms with Gasteiger partial charge in [-0.1, -0.05) is 54.6 Å². The highest BCUT2D eigenvalue weighted by atomic mass is 32.3. The van der Waals surface area contributed by atoms with Crippen LogP contribution in [0.25, 0.3) is 0 Å². The fraction of sp³-hybridized carbons (Fsp3) is 0.387. The van der Waals surface area contributed by atoms with Crippen LogP contribution in [0, 0.1) is 23.2 Å². The second-order valence-electron chi connectivity index (χ2n) is 11.4. The monoisotopic (exact) mass is 606 g/mol. The van der Waals surface area contributed by atoms with Gasteiger partial charge in [-0.15, -0.1) is 0 Å². The first-order chi connectivity index (χ1) is 19.4. The van der Waals surface area contributed by atoms with Gasteiger partial charge in [-0.3, -0.25) is 9.35 Å². The highest BCUT2D eigenvalue weighted by molar-refractivity contribution is 8.29. The molecule has 0 unspecified atom stereocenters. The van der Waals surface area contributed by atoms with Crippen LogP contribution in [0.1, 0.15) is 38.5 Å². The maximum atomic E-state index is 16.1. The Morgan fingerprint density at radius 1 is 0.756 bits per heavy atom. The summed E-state index contributed by atoms with van der Waals surface area (Å²) in [6.07, 6.45) is 5.22. The Morgan fingerprint density at radius 2 is 1.10 bits per heavy atom. The van der Waals surface area contributed by atoms with E-state index in [0.29, 0.717) is 37.0 Å². The predicted molar refractivity (Wildman–Crippen MR) is 151 cm³/mol. The molecule has 0 aliphatic heterocycles. The first-order valence-corrected chi connectivity index (χ1v) is 16.6. The molecular formula is C31H33F3O5S2. The van der Waals surface area contributed by atoms with Crippen LogP contribution in [-0.4, -0.2) is 30.8 Å². The van der Waals surface area contributed by atoms with Crippen molar-refractivity contribution in [1.82, 2.24) is 0 Å². The second-order valence-corrected chi connectivity index (χ2v) is 15.4. The largest absolute Gasteiger partial charge is 0.458 e. The predicted octanol–water partition coefficient (Wildman–Crippen LogP) is 8.08. The molecule has 0 amide bonds. The lowest BCUT2D eigenvalue weighted by Crippen LogP contribution is -2.51. The van der Waals surface area contributed by atoms with Gasteiger partial charge in [0.2, 0.25) is 0 Å². The summed E-state index contributed by atoms with van der Waals surface area (Å²) in [6.45, 7) is -1.62. The third-order valence-corrected chi connectivity index (χ3v) is 12.1. The van der Waals surface area contributed by atoms with E-state index in [-0.39, 0.29) is 0 Å². The Labute approximate surface area is 240 Å². The molecule has 0 saturated heterocycles. The van der Waals surface area contributed by atoms with Crippen LogP contribution >= 0.6 is 10.4 Å². The smallest absolute Gasteiger partial charge is 0.402 e. The van der Waals surface area contributed by atoms with E-state index in [9.17, 15) is 22.0 Å². The lowest BCUT2D eigenvalue weighted by Gasteiger charge is -2.55. The minimum absolute atomic E-state index is 0.450. The summed E-state index contributed by atoms with van der Waals surface area (Å²) >= 11 is 0. The molecule has 220 valence electrons. The second kappa shape index (κ2) is 11.5. The van der Waals surface area contributed by atoms with Crippen LogP contribution in [0.15, 0.2) is 106 Å². The van der Waals surface area contributed by atoms with Gasteiger partial charge in [0, 0.05) is 14.7 Å². The highest BCUT2D eigenvalue weighted by Gasteiger charge is 2.56. The Kier molecular flexibility index (Phi) is 8.29. The number of carbonyl (C=O) groups excluding carboxylic acids is 1. The van der Waals surface area contributed by atoms with Gasteiger partial charge in [0.25, 0.3) is 0 Å². The molecule has 1 N–H and O–H groups in total. The summed E-state index contributed by atoms with van der Waals surface area (Å²) in [5.74, 6) is 0.618. The zero-order chi connectivity index (χ0) is 29.3. The number of hydrogen-bond donors (Lipinski definition) is 1. The van der Waals surface area contributed by atoms with Crippen molar-refractivity contribution >= 4 is 26.5 Å². The average Bonchev–Trinajstić information content (AvgIpc) is 2.96. The normalized spacial score (nSPS) is 25.6. The number of ether oxygens (including phenoxy) is 1. The zero-order valence-electron chi connectivity index (χ0n) is 22.4. The molecule has 3 aromatic carbocycles. The van der Waals surface area contributed by atoms with E-state index < -0.39 is 43.8 Å². The summed E-state index contributed by atoms with van der Waals surface area (Å²) in [7, 11) is -8.24. The maximum Gasteiger partial charge on any atom is 0.402 e. The molecule has 7 rings (SSSR count). The molecule has 4 aliphatic carbocycles. The molecule has 4 bridgehead atoms. The van der Waals surface area contributed by atoms with Crippen molar-refractivity contribution in [1.29, 1.82) is 0 Å². The van der Waals surface area contributed by atoms with E-state index in [2.05, 4.69) is 4.74 Å². The van der Waals surface area contributed by atoms with Crippen molar-refractivity contribution in [3.63, 3.8) is 0 Å². The van der Waals surface area contributed by atoms with Crippen LogP contribution in [-0.2, 0) is 19.6 Å². The number of carbonyl (C=O) groups is 1. The quantitative estimate of drug-likeness (QED) is 0.217. The minimum atomic E-state index is -5.56. The number of hydrogen-bond acceptors (Lipinski definition) is 4. The van der Waals surface area contributed by atoms with Crippen LogP contribution < -0.4 is 0 Å². The third-order valence-electron chi connectivity index (χ3n) is 8.42. The average molecular weight is 607 g/mol. The fourth-order valence-electron chi connectivity index (χ4n) is 6.97. The molecule has 4 aliphatic rings. The molecule has 4 fully saturated rings. The zero-order valence-corrected chi connectivity index (χ0v) is 24.0. The molecular weight excluding hydrogens is 573 g/mol. The van der Waals surface area contributed by atoms with Crippen LogP contribution in [0.5, 0.6) is 0 Å². The van der Waals surface area contributed by atoms with E-state index in [1.54, 1.807) is 0 Å². The van der Waals surface area contributed by atoms with Crippen LogP contribution in [0.3, 0.4) is 0 Å². The maximum absolute atomic E-state index is 16.1. The fourth-order valence-corrected chi connectivity index (χ4v) is 9.59. The van der Waals surface area contributed by atoms with Gasteiger partial charge in [-0.25, -0.2) is 0 Å². The number of halogens is 3. The SMILES string of the molecule is FS(c1ccccc1)(c1ccccc1)c1ccccc1.O=C(OCC(F)(F)S(=O)(=O)O)C12CC3CC(CC(C3)C1)C2. The first-order valence-electron chi connectivity index (χ1n) is 13.6. The van der Waals surface area contributed by atoms with Crippen molar-refractivity contribution in [2.45, 2.75) is 58.5 Å². The molecule has 10 heteroatoms. The lowest BCUT2D eigenvalue weighted by molar-refractivity contribution is -0.176. The Bertz CT molecular complexity index is 1320.